The molecule has 1 aromatic heterocycles. The summed E-state index contributed by atoms with van der Waals surface area (Å²) < 4.78 is 11.0. The minimum absolute atomic E-state index is 0.0616. The van der Waals surface area contributed by atoms with Crippen LogP contribution in [0.1, 0.15) is 12.7 Å². The van der Waals surface area contributed by atoms with Gasteiger partial charge in [-0.15, -0.1) is 0 Å². The number of ether oxygens (including phenoxy) is 1. The Hall–Kier alpha value is -4.38. The SMILES string of the molecule is CCOc1ccc(NC(=O)/C(C#N)=C\c2ccc(-c3cccc([N+](=O)[O-])c3)o2)cc1. The number of hydrogen-bond acceptors (Lipinski definition) is 6. The van der Waals surface area contributed by atoms with E-state index < -0.39 is 10.8 Å². The minimum Gasteiger partial charge on any atom is -0.494 e. The van der Waals surface area contributed by atoms with Crippen molar-refractivity contribution in [1.29, 1.82) is 5.26 Å². The van der Waals surface area contributed by atoms with Gasteiger partial charge < -0.3 is 14.5 Å². The van der Waals surface area contributed by atoms with Crippen molar-refractivity contribution in [3.05, 3.63) is 82.1 Å². The molecule has 0 fully saturated rings. The average molecular weight is 403 g/mol. The van der Waals surface area contributed by atoms with Crippen LogP contribution in [0.4, 0.5) is 11.4 Å². The number of benzene rings is 2. The van der Waals surface area contributed by atoms with Gasteiger partial charge in [0.15, 0.2) is 0 Å². The van der Waals surface area contributed by atoms with E-state index in [9.17, 15) is 20.2 Å². The summed E-state index contributed by atoms with van der Waals surface area (Å²) in [5, 5.41) is 22.9. The van der Waals surface area contributed by atoms with E-state index in [1.54, 1.807) is 48.5 Å². The molecule has 8 nitrogen and oxygen atoms in total. The molecule has 1 amide bonds. The van der Waals surface area contributed by atoms with Gasteiger partial charge in [-0.2, -0.15) is 5.26 Å². The van der Waals surface area contributed by atoms with Crippen LogP contribution < -0.4 is 10.1 Å². The summed E-state index contributed by atoms with van der Waals surface area (Å²) in [6, 6.07) is 17.8. The van der Waals surface area contributed by atoms with Crippen LogP contribution in [0.2, 0.25) is 0 Å². The molecule has 1 N–H and O–H groups in total. The van der Waals surface area contributed by atoms with Gasteiger partial charge in [0.2, 0.25) is 0 Å². The molecule has 0 radical (unpaired) electrons. The number of nitrogens with one attached hydrogen (secondary N) is 1. The maximum Gasteiger partial charge on any atom is 0.270 e. The third-order valence-corrected chi connectivity index (χ3v) is 4.04. The van der Waals surface area contributed by atoms with Crippen LogP contribution in [-0.4, -0.2) is 17.4 Å². The zero-order valence-corrected chi connectivity index (χ0v) is 16.0. The molecular formula is C22H17N3O5. The summed E-state index contributed by atoms with van der Waals surface area (Å²) in [6.07, 6.45) is 1.31. The van der Waals surface area contributed by atoms with Crippen LogP contribution in [0.3, 0.4) is 0 Å². The number of carbonyl (C=O) groups excluding carboxylic acids is 1. The molecule has 0 saturated carbocycles. The first-order chi connectivity index (χ1) is 14.5. The topological polar surface area (TPSA) is 118 Å². The third-order valence-electron chi connectivity index (χ3n) is 4.04. The Balaban J connectivity index is 1.76. The number of non-ortho nitro benzene ring substituents is 1. The van der Waals surface area contributed by atoms with Crippen LogP contribution in [-0.2, 0) is 4.79 Å². The molecule has 1 heterocycles. The quantitative estimate of drug-likeness (QED) is 0.262. The fourth-order valence-corrected chi connectivity index (χ4v) is 2.65. The van der Waals surface area contributed by atoms with Crippen LogP contribution in [0, 0.1) is 21.4 Å². The number of nitriles is 1. The van der Waals surface area contributed by atoms with Gasteiger partial charge in [-0.3, -0.25) is 14.9 Å². The molecule has 0 aliphatic carbocycles. The van der Waals surface area contributed by atoms with Crippen molar-refractivity contribution in [2.45, 2.75) is 6.92 Å². The molecule has 0 aliphatic heterocycles. The van der Waals surface area contributed by atoms with E-state index in [4.69, 9.17) is 9.15 Å². The van der Waals surface area contributed by atoms with E-state index in [-0.39, 0.29) is 17.0 Å². The van der Waals surface area contributed by atoms with Crippen LogP contribution in [0.5, 0.6) is 5.75 Å². The first kappa shape index (κ1) is 20.4. The highest BCUT2D eigenvalue weighted by molar-refractivity contribution is 6.09. The van der Waals surface area contributed by atoms with Crippen molar-refractivity contribution in [2.75, 3.05) is 11.9 Å². The van der Waals surface area contributed by atoms with Gasteiger partial charge >= 0.3 is 0 Å². The van der Waals surface area contributed by atoms with Crippen LogP contribution >= 0.6 is 0 Å². The number of rotatable bonds is 7. The molecule has 0 atom stereocenters. The summed E-state index contributed by atoms with van der Waals surface area (Å²) >= 11 is 0. The molecule has 2 aromatic carbocycles. The van der Waals surface area contributed by atoms with Crippen molar-refractivity contribution in [1.82, 2.24) is 0 Å². The average Bonchev–Trinajstić information content (AvgIpc) is 3.22. The third kappa shape index (κ3) is 4.91. The highest BCUT2D eigenvalue weighted by atomic mass is 16.6. The summed E-state index contributed by atoms with van der Waals surface area (Å²) in [6.45, 7) is 2.41. The second-order valence-electron chi connectivity index (χ2n) is 6.09. The number of amides is 1. The number of furan rings is 1. The minimum atomic E-state index is -0.588. The predicted octanol–water partition coefficient (Wildman–Crippen LogP) is 4.80. The molecule has 150 valence electrons. The lowest BCUT2D eigenvalue weighted by molar-refractivity contribution is -0.384. The standard InChI is InChI=1S/C22H17N3O5/c1-2-29-19-8-6-17(7-9-19)24-22(26)16(14-23)13-20-10-11-21(30-20)15-4-3-5-18(12-15)25(27)28/h3-13H,2H2,1H3,(H,24,26)/b16-13-. The van der Waals surface area contributed by atoms with Gasteiger partial charge in [-0.25, -0.2) is 0 Å². The number of hydrogen-bond donors (Lipinski definition) is 1. The molecule has 8 heteroatoms. The summed E-state index contributed by atoms with van der Waals surface area (Å²) in [7, 11) is 0. The molecular weight excluding hydrogens is 386 g/mol. The van der Waals surface area contributed by atoms with Gasteiger partial charge in [0.1, 0.15) is 28.9 Å². The van der Waals surface area contributed by atoms with Crippen molar-refractivity contribution in [2.24, 2.45) is 0 Å². The highest BCUT2D eigenvalue weighted by Crippen LogP contribution is 2.26. The number of nitro groups is 1. The molecule has 0 spiro atoms. The lowest BCUT2D eigenvalue weighted by Crippen LogP contribution is -2.13. The zero-order valence-electron chi connectivity index (χ0n) is 16.0. The van der Waals surface area contributed by atoms with E-state index in [0.29, 0.717) is 29.4 Å². The molecule has 0 saturated heterocycles. The largest absolute Gasteiger partial charge is 0.494 e. The van der Waals surface area contributed by atoms with Crippen molar-refractivity contribution >= 4 is 23.4 Å². The second-order valence-corrected chi connectivity index (χ2v) is 6.09. The Labute approximate surface area is 172 Å². The van der Waals surface area contributed by atoms with E-state index >= 15 is 0 Å². The van der Waals surface area contributed by atoms with E-state index in [1.165, 1.54) is 18.2 Å². The number of nitro benzene ring substituents is 1. The van der Waals surface area contributed by atoms with Gasteiger partial charge in [-0.1, -0.05) is 12.1 Å². The Morgan fingerprint density at radius 3 is 2.67 bits per heavy atom. The fourth-order valence-electron chi connectivity index (χ4n) is 2.65. The first-order valence-electron chi connectivity index (χ1n) is 9.01. The predicted molar refractivity (Wildman–Crippen MR) is 111 cm³/mol. The maximum absolute atomic E-state index is 12.4. The first-order valence-corrected chi connectivity index (χ1v) is 9.01. The smallest absolute Gasteiger partial charge is 0.270 e. The van der Waals surface area contributed by atoms with E-state index in [0.717, 1.165) is 0 Å². The summed E-state index contributed by atoms with van der Waals surface area (Å²) in [4.78, 5) is 22.8. The molecule has 0 unspecified atom stereocenters. The number of carbonyl (C=O) groups is 1. The molecule has 0 bridgehead atoms. The summed E-state index contributed by atoms with van der Waals surface area (Å²) in [5.74, 6) is 0.745. The van der Waals surface area contributed by atoms with Gasteiger partial charge in [0, 0.05) is 29.5 Å². The van der Waals surface area contributed by atoms with E-state index in [1.807, 2.05) is 13.0 Å². The lowest BCUT2D eigenvalue weighted by Gasteiger charge is -2.06. The molecule has 0 aliphatic rings. The number of nitrogens with zero attached hydrogens (tertiary/aromatic N) is 2. The van der Waals surface area contributed by atoms with Gasteiger partial charge in [0.05, 0.1) is 11.5 Å². The van der Waals surface area contributed by atoms with Crippen molar-refractivity contribution in [3.63, 3.8) is 0 Å². The van der Waals surface area contributed by atoms with Crippen LogP contribution in [0.25, 0.3) is 17.4 Å². The van der Waals surface area contributed by atoms with Gasteiger partial charge in [0.25, 0.3) is 11.6 Å². The van der Waals surface area contributed by atoms with Crippen molar-refractivity contribution in [3.8, 4) is 23.1 Å². The Morgan fingerprint density at radius 2 is 2.00 bits per heavy atom. The second kappa shape index (κ2) is 9.21. The normalized spacial score (nSPS) is 10.9. The molecule has 3 rings (SSSR count). The Morgan fingerprint density at radius 1 is 1.23 bits per heavy atom. The monoisotopic (exact) mass is 403 g/mol. The van der Waals surface area contributed by atoms with E-state index in [2.05, 4.69) is 5.32 Å². The fraction of sp³-hybridized carbons (Fsp3) is 0.0909. The highest BCUT2D eigenvalue weighted by Gasteiger charge is 2.13. The number of anilines is 1. The Kier molecular flexibility index (Phi) is 6.25. The van der Waals surface area contributed by atoms with Gasteiger partial charge in [-0.05, 0) is 43.3 Å². The molecule has 30 heavy (non-hydrogen) atoms. The lowest BCUT2D eigenvalue weighted by atomic mass is 10.1. The maximum atomic E-state index is 12.4. The Bertz CT molecular complexity index is 1140. The summed E-state index contributed by atoms with van der Waals surface area (Å²) in [5.41, 5.74) is 0.819. The molecule has 3 aromatic rings. The van der Waals surface area contributed by atoms with Crippen molar-refractivity contribution < 1.29 is 18.9 Å². The zero-order chi connectivity index (χ0) is 21.5. The van der Waals surface area contributed by atoms with Crippen LogP contribution in [0.15, 0.2) is 70.7 Å².